The van der Waals surface area contributed by atoms with Crippen LogP contribution in [0.1, 0.15) is 18.9 Å². The Labute approximate surface area is 254 Å². The molecule has 0 saturated carbocycles. The van der Waals surface area contributed by atoms with Crippen LogP contribution in [0.4, 0.5) is 11.6 Å². The van der Waals surface area contributed by atoms with E-state index in [0.29, 0.717) is 6.26 Å². The number of fused-ring (bicyclic) bond motifs is 2. The fourth-order valence-corrected chi connectivity index (χ4v) is 5.83. The van der Waals surface area contributed by atoms with E-state index in [-0.39, 0.29) is 46.0 Å². The first-order valence-corrected chi connectivity index (χ1v) is 16.0. The highest BCUT2D eigenvalue weighted by molar-refractivity contribution is 7.47. The number of ketones is 1. The van der Waals surface area contributed by atoms with Crippen LogP contribution in [0.2, 0.25) is 0 Å². The minimum Gasteiger partial charge on any atom is -0.412 e. The molecule has 0 radical (unpaired) electrons. The van der Waals surface area contributed by atoms with Crippen molar-refractivity contribution in [3.8, 4) is 0 Å². The summed E-state index contributed by atoms with van der Waals surface area (Å²) in [5.41, 5.74) is 10.7. The Balaban J connectivity index is 1.19. The number of carbonyl (C=O) groups is 1. The van der Waals surface area contributed by atoms with Crippen molar-refractivity contribution >= 4 is 55.4 Å². The predicted octanol–water partition coefficient (Wildman–Crippen LogP) is -1.63. The first-order valence-electron chi connectivity index (χ1n) is 12.9. The normalized spacial score (nSPS) is 26.0. The van der Waals surface area contributed by atoms with Gasteiger partial charge in [-0.2, -0.15) is 0 Å². The van der Waals surface area contributed by atoms with Crippen LogP contribution in [-0.2, 0) is 37.0 Å². The molecule has 0 aromatic carbocycles. The molecule has 0 amide bonds. The van der Waals surface area contributed by atoms with Crippen LogP contribution in [0.25, 0.3) is 22.3 Å². The number of nitrogens with one attached hydrogen (secondary N) is 1. The van der Waals surface area contributed by atoms with Crippen LogP contribution in [0.15, 0.2) is 35.6 Å². The van der Waals surface area contributed by atoms with Gasteiger partial charge in [0.05, 0.1) is 25.6 Å². The predicted molar refractivity (Wildman–Crippen MR) is 149 cm³/mol. The molecule has 9 N–H and O–H groups in total. The number of ether oxygens (including phenoxy) is 2. The minimum absolute atomic E-state index is 0.000889. The van der Waals surface area contributed by atoms with Crippen molar-refractivity contribution in [3.63, 3.8) is 0 Å². The van der Waals surface area contributed by atoms with Crippen LogP contribution in [0.5, 0.6) is 0 Å². The number of aromatic nitrogens is 8. The van der Waals surface area contributed by atoms with Crippen molar-refractivity contribution in [1.29, 1.82) is 0 Å². The Kier molecular flexibility index (Phi) is 8.23. The highest BCUT2D eigenvalue weighted by atomic mass is 31.2. The van der Waals surface area contributed by atoms with Crippen LogP contribution in [-0.4, -0.2) is 96.1 Å². The summed E-state index contributed by atoms with van der Waals surface area (Å²) in [6.45, 7) is -1.46. The molecule has 25 heteroatoms. The summed E-state index contributed by atoms with van der Waals surface area (Å²) in [5.74, 6) is -0.425. The van der Waals surface area contributed by atoms with Gasteiger partial charge in [-0.3, -0.25) is 23.3 Å². The second-order valence-electron chi connectivity index (χ2n) is 9.87. The van der Waals surface area contributed by atoms with E-state index in [1.165, 1.54) is 17.2 Å². The molecular weight excluding hydrogens is 662 g/mol. The average Bonchev–Trinajstić information content (AvgIpc) is 3.73. The number of H-pyrrole nitrogens is 1. The quantitative estimate of drug-likeness (QED) is 0.0726. The van der Waals surface area contributed by atoms with Gasteiger partial charge in [0.2, 0.25) is 0 Å². The third-order valence-electron chi connectivity index (χ3n) is 6.87. The molecule has 46 heavy (non-hydrogen) atoms. The van der Waals surface area contributed by atoms with Gasteiger partial charge >= 0.3 is 21.3 Å². The Bertz CT molecular complexity index is 2010. The molecule has 2 aliphatic heterocycles. The van der Waals surface area contributed by atoms with Crippen molar-refractivity contribution < 1.29 is 56.8 Å². The number of nitrogens with zero attached hydrogens (tertiary/aromatic N) is 7. The van der Waals surface area contributed by atoms with Gasteiger partial charge in [0.1, 0.15) is 42.2 Å². The summed E-state index contributed by atoms with van der Waals surface area (Å²) in [7, 11) is -10.0. The lowest BCUT2D eigenvalue weighted by molar-refractivity contribution is -0.127. The van der Waals surface area contributed by atoms with Gasteiger partial charge in [0, 0.05) is 12.0 Å². The van der Waals surface area contributed by atoms with Gasteiger partial charge < -0.3 is 45.3 Å². The van der Waals surface area contributed by atoms with Gasteiger partial charge in [0.15, 0.2) is 41.2 Å². The average molecular weight is 686 g/mol. The van der Waals surface area contributed by atoms with E-state index in [1.807, 2.05) is 0 Å². The van der Waals surface area contributed by atoms with E-state index in [1.54, 1.807) is 0 Å². The van der Waals surface area contributed by atoms with Crippen molar-refractivity contribution in [2.24, 2.45) is 0 Å². The number of anilines is 2. The molecule has 0 spiro atoms. The van der Waals surface area contributed by atoms with Gasteiger partial charge in [-0.15, -0.1) is 0 Å². The summed E-state index contributed by atoms with van der Waals surface area (Å²) in [6, 6.07) is 0. The lowest BCUT2D eigenvalue weighted by Crippen LogP contribution is -2.27. The maximum atomic E-state index is 12.8. The van der Waals surface area contributed by atoms with Gasteiger partial charge in [-0.05, 0) is 0 Å². The van der Waals surface area contributed by atoms with Gasteiger partial charge in [-0.1, -0.05) is 0 Å². The molecular formula is C21H24N10O13P2. The lowest BCUT2D eigenvalue weighted by atomic mass is 10.1. The zero-order chi connectivity index (χ0) is 33.0. The number of phosphoric acid groups is 2. The first kappa shape index (κ1) is 31.8. The smallest absolute Gasteiger partial charge is 0.412 e. The number of phosphoric ester groups is 2. The van der Waals surface area contributed by atoms with Crippen LogP contribution in [0.3, 0.4) is 0 Å². The molecule has 246 valence electrons. The van der Waals surface area contributed by atoms with Crippen molar-refractivity contribution in [2.75, 3.05) is 24.7 Å². The third kappa shape index (κ3) is 6.16. The van der Waals surface area contributed by atoms with Gasteiger partial charge in [-0.25, -0.2) is 43.4 Å². The summed E-state index contributed by atoms with van der Waals surface area (Å²) >= 11 is 0. The minimum atomic E-state index is -5.01. The molecule has 4 aromatic heterocycles. The number of carbonyl (C=O) groups excluding carboxylic acids is 1. The largest absolute Gasteiger partial charge is 0.526 e. The SMILES string of the molecule is Nc1ncnc2c1ncn2[C@@H]1O[C@H](COP(=O)(O)O/C=C2\[C@H](n3c(=O)[nH]c4c(N)ncnc43)O[C@H](COP(=O)(O)O)[C@H]2O)CC1=O. The molecule has 6 rings (SSSR count). The number of hydrogen-bond donors (Lipinski definition) is 7. The number of imidazole rings is 2. The van der Waals surface area contributed by atoms with E-state index in [0.717, 1.165) is 10.9 Å². The van der Waals surface area contributed by atoms with Crippen molar-refractivity contribution in [1.82, 2.24) is 39.0 Å². The van der Waals surface area contributed by atoms with Crippen LogP contribution in [0, 0.1) is 0 Å². The fourth-order valence-electron chi connectivity index (χ4n) is 4.82. The Morgan fingerprint density at radius 2 is 1.70 bits per heavy atom. The van der Waals surface area contributed by atoms with Crippen LogP contribution >= 0.6 is 15.6 Å². The summed E-state index contributed by atoms with van der Waals surface area (Å²) < 4.78 is 52.0. The maximum absolute atomic E-state index is 12.8. The highest BCUT2D eigenvalue weighted by Gasteiger charge is 2.44. The van der Waals surface area contributed by atoms with E-state index in [9.17, 15) is 28.7 Å². The standard InChI is InChI=1S/C21H24N10O13P2/c22-15-12-17(26-5-24-15)30(7-28-12)20-10(32)1-8(43-20)2-41-46(38,39)42-3-9-14(33)11(4-40-45(35,36)37)44-19(9)31-18-13(29-21(31)34)16(23)25-6-27-18/h3,5-8,11,14,19-20,33H,1-2,4H2,(H,29,34)(H,38,39)(H2,22,24,26)(H2,23,25,27)(H2,35,36,37)/b9-3-/t8-,11+,14-,19+,20+/m0/s1. The molecule has 1 unspecified atom stereocenters. The second kappa shape index (κ2) is 11.9. The molecule has 4 aromatic rings. The molecule has 6 heterocycles. The summed E-state index contributed by atoms with van der Waals surface area (Å²) in [4.78, 5) is 76.2. The Morgan fingerprint density at radius 3 is 2.43 bits per heavy atom. The van der Waals surface area contributed by atoms with Crippen molar-refractivity contribution in [3.05, 3.63) is 41.3 Å². The van der Waals surface area contributed by atoms with E-state index in [2.05, 4.69) is 34.4 Å². The Morgan fingerprint density at radius 1 is 0.978 bits per heavy atom. The third-order valence-corrected chi connectivity index (χ3v) is 8.20. The number of hydrogen-bond acceptors (Lipinski definition) is 17. The van der Waals surface area contributed by atoms with E-state index >= 15 is 0 Å². The number of rotatable bonds is 10. The zero-order valence-electron chi connectivity index (χ0n) is 23.0. The van der Waals surface area contributed by atoms with Crippen molar-refractivity contribution in [2.45, 2.75) is 37.2 Å². The molecule has 23 nitrogen and oxygen atoms in total. The highest BCUT2D eigenvalue weighted by Crippen LogP contribution is 2.47. The van der Waals surface area contributed by atoms with Gasteiger partial charge in [0.25, 0.3) is 0 Å². The lowest BCUT2D eigenvalue weighted by Gasteiger charge is -2.17. The fraction of sp³-hybridized carbons (Fsp3) is 0.381. The number of Topliss-reactive ketones (excluding diaryl/α,β-unsaturated/α-hetero) is 1. The van der Waals surface area contributed by atoms with E-state index in [4.69, 9.17) is 39.8 Å². The molecule has 2 saturated heterocycles. The number of aromatic amines is 1. The number of aliphatic hydroxyl groups is 1. The second-order valence-corrected chi connectivity index (χ2v) is 12.5. The zero-order valence-corrected chi connectivity index (χ0v) is 24.7. The summed E-state index contributed by atoms with van der Waals surface area (Å²) in [6.07, 6.45) is -3.17. The molecule has 2 aliphatic rings. The Hall–Kier alpha value is -4.15. The maximum Gasteiger partial charge on any atom is 0.526 e. The molecule has 0 aliphatic carbocycles. The topological polar surface area (TPSA) is 337 Å². The molecule has 2 fully saturated rings. The molecule has 6 atom stereocenters. The van der Waals surface area contributed by atoms with E-state index < -0.39 is 71.1 Å². The number of aliphatic hydroxyl groups excluding tert-OH is 1. The molecule has 0 bridgehead atoms. The first-order chi connectivity index (χ1) is 21.7. The number of nitrogens with two attached hydrogens (primary N) is 2. The summed E-state index contributed by atoms with van der Waals surface area (Å²) in [5, 5.41) is 10.9. The van der Waals surface area contributed by atoms with Crippen LogP contribution < -0.4 is 17.2 Å². The monoisotopic (exact) mass is 686 g/mol. The number of nitrogen functional groups attached to an aromatic ring is 2.